The van der Waals surface area contributed by atoms with Gasteiger partial charge < -0.3 is 5.73 Å². The molecule has 0 bridgehead atoms. The van der Waals surface area contributed by atoms with Crippen molar-refractivity contribution < 1.29 is 8.78 Å². The van der Waals surface area contributed by atoms with E-state index in [-0.39, 0.29) is 10.4 Å². The largest absolute Gasteiger partial charge is 0.321 e. The van der Waals surface area contributed by atoms with E-state index in [1.807, 2.05) is 6.92 Å². The molecule has 2 unspecified atom stereocenters. The van der Waals surface area contributed by atoms with E-state index in [1.54, 1.807) is 0 Å². The highest BCUT2D eigenvalue weighted by molar-refractivity contribution is 9.10. The van der Waals surface area contributed by atoms with Gasteiger partial charge in [0.1, 0.15) is 11.6 Å². The molecule has 1 aromatic carbocycles. The molecule has 1 aliphatic carbocycles. The van der Waals surface area contributed by atoms with Gasteiger partial charge >= 0.3 is 0 Å². The highest BCUT2D eigenvalue weighted by Crippen LogP contribution is 2.50. The summed E-state index contributed by atoms with van der Waals surface area (Å²) in [6, 6.07) is 2.31. The van der Waals surface area contributed by atoms with Crippen molar-refractivity contribution in [2.45, 2.75) is 18.9 Å². The third-order valence-corrected chi connectivity index (χ3v) is 3.48. The minimum Gasteiger partial charge on any atom is -0.321 e. The molecule has 1 aliphatic rings. The molecule has 1 aromatic rings. The fourth-order valence-electron chi connectivity index (χ4n) is 1.70. The van der Waals surface area contributed by atoms with Crippen LogP contribution in [-0.4, -0.2) is 0 Å². The number of halogens is 3. The van der Waals surface area contributed by atoms with Gasteiger partial charge in [-0.2, -0.15) is 0 Å². The summed E-state index contributed by atoms with van der Waals surface area (Å²) in [6.45, 7) is 1.96. The van der Waals surface area contributed by atoms with Gasteiger partial charge in [0.2, 0.25) is 0 Å². The Morgan fingerprint density at radius 2 is 2.00 bits per heavy atom. The summed E-state index contributed by atoms with van der Waals surface area (Å²) < 4.78 is 26.6. The van der Waals surface area contributed by atoms with Gasteiger partial charge in [-0.3, -0.25) is 0 Å². The lowest BCUT2D eigenvalue weighted by molar-refractivity contribution is 0.537. The van der Waals surface area contributed by atoms with Crippen molar-refractivity contribution >= 4 is 15.9 Å². The molecule has 2 N–H and O–H groups in total. The first kappa shape index (κ1) is 10.1. The Morgan fingerprint density at radius 1 is 1.43 bits per heavy atom. The Kier molecular flexibility index (Phi) is 2.16. The van der Waals surface area contributed by atoms with Crippen LogP contribution in [0.4, 0.5) is 8.78 Å². The van der Waals surface area contributed by atoms with Crippen LogP contribution in [0.3, 0.4) is 0 Å². The third-order valence-electron chi connectivity index (χ3n) is 2.87. The van der Waals surface area contributed by atoms with E-state index < -0.39 is 17.2 Å². The molecule has 0 aliphatic heterocycles. The minimum absolute atomic E-state index is 0.259. The quantitative estimate of drug-likeness (QED) is 0.774. The molecule has 14 heavy (non-hydrogen) atoms. The van der Waals surface area contributed by atoms with Crippen LogP contribution < -0.4 is 5.73 Å². The van der Waals surface area contributed by atoms with Crippen LogP contribution in [-0.2, 0) is 5.54 Å². The number of hydrogen-bond donors (Lipinski definition) is 1. The highest BCUT2D eigenvalue weighted by Gasteiger charge is 2.50. The van der Waals surface area contributed by atoms with Gasteiger partial charge in [0.05, 0.1) is 4.47 Å². The fraction of sp³-hybridized carbons (Fsp3) is 0.400. The van der Waals surface area contributed by atoms with E-state index in [1.165, 1.54) is 6.07 Å². The zero-order valence-corrected chi connectivity index (χ0v) is 9.24. The molecule has 0 aromatic heterocycles. The smallest absolute Gasteiger partial charge is 0.140 e. The maximum atomic E-state index is 13.4. The van der Waals surface area contributed by atoms with Gasteiger partial charge in [0.25, 0.3) is 0 Å². The van der Waals surface area contributed by atoms with E-state index in [0.717, 1.165) is 12.5 Å². The maximum absolute atomic E-state index is 13.4. The van der Waals surface area contributed by atoms with E-state index in [0.29, 0.717) is 5.56 Å². The van der Waals surface area contributed by atoms with Crippen molar-refractivity contribution in [3.8, 4) is 0 Å². The Balaban J connectivity index is 2.50. The minimum atomic E-state index is -0.597. The molecule has 1 saturated carbocycles. The number of rotatable bonds is 1. The zero-order chi connectivity index (χ0) is 10.5. The van der Waals surface area contributed by atoms with Crippen molar-refractivity contribution in [3.63, 3.8) is 0 Å². The van der Waals surface area contributed by atoms with Crippen LogP contribution >= 0.6 is 15.9 Å². The second-order valence-corrected chi connectivity index (χ2v) is 4.75. The monoisotopic (exact) mass is 261 g/mol. The summed E-state index contributed by atoms with van der Waals surface area (Å²) in [7, 11) is 0. The molecule has 76 valence electrons. The molecular formula is C10H10BrF2N. The van der Waals surface area contributed by atoms with E-state index in [2.05, 4.69) is 15.9 Å². The van der Waals surface area contributed by atoms with Crippen LogP contribution in [0.25, 0.3) is 0 Å². The van der Waals surface area contributed by atoms with Gasteiger partial charge in [-0.25, -0.2) is 8.78 Å². The summed E-state index contributed by atoms with van der Waals surface area (Å²) in [4.78, 5) is 0. The molecule has 2 rings (SSSR count). The Morgan fingerprint density at radius 3 is 2.50 bits per heavy atom. The molecule has 0 radical (unpaired) electrons. The fourth-order valence-corrected chi connectivity index (χ4v) is 2.05. The highest BCUT2D eigenvalue weighted by atomic mass is 79.9. The first-order valence-electron chi connectivity index (χ1n) is 4.39. The average Bonchev–Trinajstić information content (AvgIpc) is 2.68. The molecule has 0 saturated heterocycles. The van der Waals surface area contributed by atoms with Gasteiger partial charge in [0, 0.05) is 17.2 Å². The molecular weight excluding hydrogens is 252 g/mol. The zero-order valence-electron chi connectivity index (χ0n) is 7.65. The predicted molar refractivity (Wildman–Crippen MR) is 53.7 cm³/mol. The number of nitrogens with two attached hydrogens (primary N) is 1. The van der Waals surface area contributed by atoms with Gasteiger partial charge in [-0.05, 0) is 34.3 Å². The molecule has 0 amide bonds. The number of hydrogen-bond acceptors (Lipinski definition) is 1. The van der Waals surface area contributed by atoms with Gasteiger partial charge in [0.15, 0.2) is 0 Å². The Hall–Kier alpha value is -0.480. The number of benzene rings is 1. The summed E-state index contributed by atoms with van der Waals surface area (Å²) >= 11 is 3.02. The van der Waals surface area contributed by atoms with E-state index in [9.17, 15) is 8.78 Å². The lowest BCUT2D eigenvalue weighted by Crippen LogP contribution is -2.23. The lowest BCUT2D eigenvalue weighted by atomic mass is 10.0. The molecule has 0 heterocycles. The first-order valence-corrected chi connectivity index (χ1v) is 5.18. The van der Waals surface area contributed by atoms with Gasteiger partial charge in [-0.15, -0.1) is 0 Å². The van der Waals surface area contributed by atoms with Crippen molar-refractivity contribution in [2.24, 2.45) is 11.7 Å². The maximum Gasteiger partial charge on any atom is 0.140 e. The molecule has 0 spiro atoms. The van der Waals surface area contributed by atoms with E-state index >= 15 is 0 Å². The van der Waals surface area contributed by atoms with Crippen LogP contribution in [0.5, 0.6) is 0 Å². The second kappa shape index (κ2) is 3.00. The first-order chi connectivity index (χ1) is 6.45. The standard InChI is InChI=1S/C10H10BrF2N/c1-5-4-10(5,14)6-2-7(11)9(13)3-8(6)12/h2-3,5H,4,14H2,1H3. The molecule has 1 nitrogen and oxygen atoms in total. The summed E-state index contributed by atoms with van der Waals surface area (Å²) in [5, 5.41) is 0. The van der Waals surface area contributed by atoms with Crippen molar-refractivity contribution in [1.29, 1.82) is 0 Å². The molecule has 1 fully saturated rings. The van der Waals surface area contributed by atoms with E-state index in [4.69, 9.17) is 5.73 Å². The molecule has 4 heteroatoms. The van der Waals surface area contributed by atoms with Gasteiger partial charge in [-0.1, -0.05) is 6.92 Å². The van der Waals surface area contributed by atoms with Crippen LogP contribution in [0.15, 0.2) is 16.6 Å². The Bertz CT molecular complexity index is 394. The average molecular weight is 262 g/mol. The normalized spacial score (nSPS) is 30.5. The van der Waals surface area contributed by atoms with Crippen LogP contribution in [0.1, 0.15) is 18.9 Å². The molecule has 2 atom stereocenters. The van der Waals surface area contributed by atoms with Crippen LogP contribution in [0, 0.1) is 17.6 Å². The topological polar surface area (TPSA) is 26.0 Å². The van der Waals surface area contributed by atoms with Crippen LogP contribution in [0.2, 0.25) is 0 Å². The predicted octanol–water partition coefficient (Wildman–Crippen LogP) is 2.92. The summed E-state index contributed by atoms with van der Waals surface area (Å²) in [5.41, 5.74) is 5.75. The van der Waals surface area contributed by atoms with Crippen molar-refractivity contribution in [3.05, 3.63) is 33.8 Å². The van der Waals surface area contributed by atoms with Crippen molar-refractivity contribution in [2.75, 3.05) is 0 Å². The summed E-state index contributed by atoms with van der Waals surface area (Å²) in [5.74, 6) is -0.893. The Labute approximate surface area is 89.4 Å². The lowest BCUT2D eigenvalue weighted by Gasteiger charge is -2.12. The summed E-state index contributed by atoms with van der Waals surface area (Å²) in [6.07, 6.45) is 0.752. The second-order valence-electron chi connectivity index (χ2n) is 3.89. The third kappa shape index (κ3) is 1.37. The SMILES string of the molecule is CC1CC1(N)c1cc(Br)c(F)cc1F. The van der Waals surface area contributed by atoms with Crippen molar-refractivity contribution in [1.82, 2.24) is 0 Å².